The minimum Gasteiger partial charge on any atom is -0.309 e. The quantitative estimate of drug-likeness (QED) is 0.602. The van der Waals surface area contributed by atoms with Crippen LogP contribution in [0.3, 0.4) is 0 Å². The van der Waals surface area contributed by atoms with E-state index in [1.54, 1.807) is 6.20 Å². The molecule has 2 heterocycles. The molecule has 2 N–H and O–H groups in total. The highest BCUT2D eigenvalue weighted by atomic mass is 15.1. The Hall–Kier alpha value is -0.830. The summed E-state index contributed by atoms with van der Waals surface area (Å²) in [7, 11) is 0. The Balaban J connectivity index is 2.12. The summed E-state index contributed by atoms with van der Waals surface area (Å²) in [5.41, 5.74) is 1.22. The first kappa shape index (κ1) is 5.92. The van der Waals surface area contributed by atoms with Crippen molar-refractivity contribution in [2.24, 2.45) is 0 Å². The lowest BCUT2D eigenvalue weighted by molar-refractivity contribution is 0.625. The van der Waals surface area contributed by atoms with Gasteiger partial charge in [-0.1, -0.05) is 0 Å². The molecule has 1 fully saturated rings. The maximum atomic E-state index is 3.90. The number of H-pyrrole nitrogens is 1. The van der Waals surface area contributed by atoms with Gasteiger partial charge in [0, 0.05) is 12.2 Å². The molecule has 1 saturated heterocycles. The topological polar surface area (TPSA) is 40.7 Å². The highest BCUT2D eigenvalue weighted by Gasteiger charge is 2.16. The van der Waals surface area contributed by atoms with Crippen molar-refractivity contribution in [2.45, 2.75) is 18.9 Å². The van der Waals surface area contributed by atoms with Crippen molar-refractivity contribution in [3.05, 3.63) is 18.0 Å². The first-order chi connectivity index (χ1) is 4.97. The van der Waals surface area contributed by atoms with Crippen LogP contribution in [-0.2, 0) is 0 Å². The van der Waals surface area contributed by atoms with Crippen LogP contribution in [0.25, 0.3) is 0 Å². The Morgan fingerprint density at radius 3 is 3.20 bits per heavy atom. The molecule has 0 saturated carbocycles. The molecule has 3 nitrogen and oxygen atoms in total. The molecule has 0 amide bonds. The lowest BCUT2D eigenvalue weighted by Gasteiger charge is -2.04. The van der Waals surface area contributed by atoms with E-state index in [1.165, 1.54) is 18.5 Å². The van der Waals surface area contributed by atoms with Crippen molar-refractivity contribution >= 4 is 0 Å². The second-order valence-electron chi connectivity index (χ2n) is 2.66. The molecule has 1 atom stereocenters. The van der Waals surface area contributed by atoms with Crippen LogP contribution in [0.1, 0.15) is 24.6 Å². The summed E-state index contributed by atoms with van der Waals surface area (Å²) >= 11 is 0. The summed E-state index contributed by atoms with van der Waals surface area (Å²) in [5.74, 6) is 0. The lowest BCUT2D eigenvalue weighted by Crippen LogP contribution is -2.12. The zero-order valence-corrected chi connectivity index (χ0v) is 5.80. The second kappa shape index (κ2) is 2.42. The van der Waals surface area contributed by atoms with Crippen LogP contribution in [0.15, 0.2) is 12.3 Å². The molecule has 0 aliphatic carbocycles. The Morgan fingerprint density at radius 2 is 2.60 bits per heavy atom. The first-order valence-electron chi connectivity index (χ1n) is 3.69. The summed E-state index contributed by atoms with van der Waals surface area (Å²) < 4.78 is 0. The van der Waals surface area contributed by atoms with Gasteiger partial charge in [0.25, 0.3) is 0 Å². The number of aromatic amines is 1. The summed E-state index contributed by atoms with van der Waals surface area (Å²) in [6, 6.07) is 2.56. The van der Waals surface area contributed by atoms with Crippen molar-refractivity contribution in [2.75, 3.05) is 6.54 Å². The van der Waals surface area contributed by atoms with Gasteiger partial charge >= 0.3 is 0 Å². The van der Waals surface area contributed by atoms with Crippen LogP contribution in [-0.4, -0.2) is 16.7 Å². The zero-order valence-electron chi connectivity index (χ0n) is 5.80. The molecule has 1 aliphatic heterocycles. The lowest BCUT2D eigenvalue weighted by atomic mass is 10.2. The van der Waals surface area contributed by atoms with Crippen LogP contribution >= 0.6 is 0 Å². The van der Waals surface area contributed by atoms with Crippen molar-refractivity contribution in [1.29, 1.82) is 0 Å². The summed E-state index contributed by atoms with van der Waals surface area (Å²) in [5, 5.41) is 10.3. The molecule has 1 aromatic heterocycles. The van der Waals surface area contributed by atoms with Gasteiger partial charge in [0.2, 0.25) is 0 Å². The molecule has 0 spiro atoms. The van der Waals surface area contributed by atoms with Crippen molar-refractivity contribution < 1.29 is 0 Å². The van der Waals surface area contributed by atoms with Gasteiger partial charge in [-0.25, -0.2) is 0 Å². The Morgan fingerprint density at radius 1 is 1.60 bits per heavy atom. The minimum atomic E-state index is 0.530. The maximum absolute atomic E-state index is 3.90. The van der Waals surface area contributed by atoms with Crippen LogP contribution in [0, 0.1) is 0 Å². The zero-order chi connectivity index (χ0) is 6.81. The van der Waals surface area contributed by atoms with E-state index in [1.807, 2.05) is 6.07 Å². The number of aromatic nitrogens is 2. The summed E-state index contributed by atoms with van der Waals surface area (Å²) in [6.07, 6.45) is 4.32. The van der Waals surface area contributed by atoms with E-state index >= 15 is 0 Å². The molecule has 1 aromatic rings. The van der Waals surface area contributed by atoms with Gasteiger partial charge in [-0.05, 0) is 25.5 Å². The molecule has 0 bridgehead atoms. The number of nitrogens with one attached hydrogen (secondary N) is 2. The number of nitrogens with zero attached hydrogens (tertiary/aromatic N) is 1. The van der Waals surface area contributed by atoms with E-state index in [0.29, 0.717) is 6.04 Å². The normalized spacial score (nSPS) is 25.4. The van der Waals surface area contributed by atoms with E-state index in [9.17, 15) is 0 Å². The Bertz CT molecular complexity index is 187. The predicted octanol–water partition coefficient (Wildman–Crippen LogP) is 0.834. The second-order valence-corrected chi connectivity index (χ2v) is 2.66. The fourth-order valence-electron chi connectivity index (χ4n) is 1.41. The van der Waals surface area contributed by atoms with Gasteiger partial charge in [-0.3, -0.25) is 5.10 Å². The Labute approximate surface area is 59.8 Å². The molecule has 2 rings (SSSR count). The average Bonchev–Trinajstić information content (AvgIpc) is 2.59. The standard InChI is InChI=1S/C7H11N3/c1-2-6(8-4-1)7-3-5-9-10-7/h3,5-6,8H,1-2,4H2,(H,9,10)/t6-/m0/s1. The maximum Gasteiger partial charge on any atom is 0.0521 e. The molecule has 10 heavy (non-hydrogen) atoms. The third kappa shape index (κ3) is 0.926. The number of hydrogen-bond donors (Lipinski definition) is 2. The van der Waals surface area contributed by atoms with E-state index < -0.39 is 0 Å². The minimum absolute atomic E-state index is 0.530. The van der Waals surface area contributed by atoms with Gasteiger partial charge in [0.15, 0.2) is 0 Å². The number of rotatable bonds is 1. The highest BCUT2D eigenvalue weighted by Crippen LogP contribution is 2.19. The van der Waals surface area contributed by atoms with E-state index in [0.717, 1.165) is 6.54 Å². The van der Waals surface area contributed by atoms with Crippen LogP contribution < -0.4 is 5.32 Å². The van der Waals surface area contributed by atoms with E-state index in [2.05, 4.69) is 15.5 Å². The smallest absolute Gasteiger partial charge is 0.0521 e. The molecule has 0 radical (unpaired) electrons. The van der Waals surface area contributed by atoms with Crippen molar-refractivity contribution in [1.82, 2.24) is 15.5 Å². The van der Waals surface area contributed by atoms with Gasteiger partial charge < -0.3 is 5.32 Å². The molecular formula is C7H11N3. The van der Waals surface area contributed by atoms with Gasteiger partial charge in [-0.15, -0.1) is 0 Å². The fourth-order valence-corrected chi connectivity index (χ4v) is 1.41. The molecule has 0 aromatic carbocycles. The van der Waals surface area contributed by atoms with Gasteiger partial charge in [0.05, 0.1) is 5.69 Å². The molecule has 1 aliphatic rings. The Kier molecular flexibility index (Phi) is 1.43. The molecule has 0 unspecified atom stereocenters. The largest absolute Gasteiger partial charge is 0.309 e. The van der Waals surface area contributed by atoms with Crippen molar-refractivity contribution in [3.8, 4) is 0 Å². The average molecular weight is 137 g/mol. The van der Waals surface area contributed by atoms with Crippen LogP contribution in [0.2, 0.25) is 0 Å². The third-order valence-corrected chi connectivity index (χ3v) is 1.96. The SMILES string of the molecule is c1cc([C@@H]2CCCN2)[nH]n1. The summed E-state index contributed by atoms with van der Waals surface area (Å²) in [4.78, 5) is 0. The fraction of sp³-hybridized carbons (Fsp3) is 0.571. The molecule has 54 valence electrons. The first-order valence-corrected chi connectivity index (χ1v) is 3.69. The van der Waals surface area contributed by atoms with Gasteiger partial charge in [-0.2, -0.15) is 5.10 Å². The van der Waals surface area contributed by atoms with E-state index in [4.69, 9.17) is 0 Å². The molecular weight excluding hydrogens is 126 g/mol. The van der Waals surface area contributed by atoms with Crippen LogP contribution in [0.5, 0.6) is 0 Å². The third-order valence-electron chi connectivity index (χ3n) is 1.96. The number of hydrogen-bond acceptors (Lipinski definition) is 2. The predicted molar refractivity (Wildman–Crippen MR) is 38.6 cm³/mol. The monoisotopic (exact) mass is 137 g/mol. The highest BCUT2D eigenvalue weighted by molar-refractivity contribution is 5.05. The van der Waals surface area contributed by atoms with Gasteiger partial charge in [0.1, 0.15) is 0 Å². The molecule has 3 heteroatoms. The summed E-state index contributed by atoms with van der Waals surface area (Å²) in [6.45, 7) is 1.14. The van der Waals surface area contributed by atoms with Crippen molar-refractivity contribution in [3.63, 3.8) is 0 Å². The van der Waals surface area contributed by atoms with E-state index in [-0.39, 0.29) is 0 Å². The van der Waals surface area contributed by atoms with Crippen LogP contribution in [0.4, 0.5) is 0 Å².